The molecule has 5 heteroatoms. The lowest BCUT2D eigenvalue weighted by molar-refractivity contribution is 0.295. The van der Waals surface area contributed by atoms with Crippen LogP contribution in [0, 0.1) is 0 Å². The number of hydrogen-bond donors (Lipinski definition) is 2. The predicted octanol–water partition coefficient (Wildman–Crippen LogP) is 0.0867. The van der Waals surface area contributed by atoms with E-state index in [-0.39, 0.29) is 6.61 Å². The first kappa shape index (κ1) is 11.9. The van der Waals surface area contributed by atoms with Gasteiger partial charge < -0.3 is 5.11 Å². The molecular weight excluding hydrogens is 178 g/mol. The third-order valence-corrected chi connectivity index (χ3v) is 3.44. The first-order chi connectivity index (χ1) is 5.54. The number of nitrogens with one attached hydrogen (secondary N) is 1. The third kappa shape index (κ3) is 4.04. The second kappa shape index (κ2) is 5.50. The van der Waals surface area contributed by atoms with Gasteiger partial charge in [0.2, 0.25) is 10.0 Å². The molecule has 0 fully saturated rings. The number of aliphatic hydroxyl groups excluding tert-OH is 1. The van der Waals surface area contributed by atoms with Crippen LogP contribution in [0.2, 0.25) is 0 Å². The smallest absolute Gasteiger partial charge is 0.216 e. The van der Waals surface area contributed by atoms with Crippen LogP contribution in [0.3, 0.4) is 0 Å². The molecule has 0 spiro atoms. The van der Waals surface area contributed by atoms with Gasteiger partial charge in [-0.3, -0.25) is 0 Å². The first-order valence-electron chi connectivity index (χ1n) is 4.14. The summed E-state index contributed by atoms with van der Waals surface area (Å²) in [6.07, 6.45) is 1.79. The van der Waals surface area contributed by atoms with Gasteiger partial charge >= 0.3 is 0 Å². The molecule has 0 heterocycles. The number of rotatable bonds is 6. The van der Waals surface area contributed by atoms with Gasteiger partial charge in [0.1, 0.15) is 0 Å². The van der Waals surface area contributed by atoms with Crippen LogP contribution in [-0.4, -0.2) is 31.9 Å². The molecule has 0 rings (SSSR count). The van der Waals surface area contributed by atoms with Gasteiger partial charge in [-0.15, -0.1) is 0 Å². The highest BCUT2D eigenvalue weighted by Gasteiger charge is 2.18. The van der Waals surface area contributed by atoms with Crippen molar-refractivity contribution in [3.05, 3.63) is 0 Å². The SMILES string of the molecule is CCCCNS(=O)(=O)C(C)CO. The quantitative estimate of drug-likeness (QED) is 0.590. The van der Waals surface area contributed by atoms with E-state index in [9.17, 15) is 8.42 Å². The maximum atomic E-state index is 11.2. The Hall–Kier alpha value is -0.130. The standard InChI is InChI=1S/C7H17NO3S/c1-3-4-5-8-12(10,11)7(2)6-9/h7-9H,3-6H2,1-2H3. The molecule has 0 aromatic heterocycles. The van der Waals surface area contributed by atoms with Crippen LogP contribution in [0.4, 0.5) is 0 Å². The summed E-state index contributed by atoms with van der Waals surface area (Å²) in [5.41, 5.74) is 0. The predicted molar refractivity (Wildman–Crippen MR) is 48.4 cm³/mol. The fraction of sp³-hybridized carbons (Fsp3) is 1.00. The molecular formula is C7H17NO3S. The van der Waals surface area contributed by atoms with Gasteiger partial charge in [-0.25, -0.2) is 13.1 Å². The summed E-state index contributed by atoms with van der Waals surface area (Å²) in [4.78, 5) is 0. The average molecular weight is 195 g/mol. The molecule has 2 N–H and O–H groups in total. The highest BCUT2D eigenvalue weighted by Crippen LogP contribution is 1.96. The fourth-order valence-electron chi connectivity index (χ4n) is 0.632. The van der Waals surface area contributed by atoms with E-state index < -0.39 is 15.3 Å². The molecule has 0 aromatic carbocycles. The van der Waals surface area contributed by atoms with E-state index in [1.807, 2.05) is 6.92 Å². The molecule has 0 aliphatic carbocycles. The largest absolute Gasteiger partial charge is 0.395 e. The molecule has 4 nitrogen and oxygen atoms in total. The van der Waals surface area contributed by atoms with Crippen LogP contribution in [0.1, 0.15) is 26.7 Å². The van der Waals surface area contributed by atoms with Gasteiger partial charge in [-0.05, 0) is 13.3 Å². The maximum absolute atomic E-state index is 11.2. The summed E-state index contributed by atoms with van der Waals surface area (Å²) in [5.74, 6) is 0. The van der Waals surface area contributed by atoms with E-state index >= 15 is 0 Å². The van der Waals surface area contributed by atoms with Crippen molar-refractivity contribution in [2.24, 2.45) is 0 Å². The molecule has 0 aliphatic heterocycles. The second-order valence-electron chi connectivity index (χ2n) is 2.79. The van der Waals surface area contributed by atoms with Crippen LogP contribution < -0.4 is 4.72 Å². The minimum absolute atomic E-state index is 0.332. The fourth-order valence-corrected chi connectivity index (χ4v) is 1.54. The monoisotopic (exact) mass is 195 g/mol. The lowest BCUT2D eigenvalue weighted by atomic mass is 10.3. The Kier molecular flexibility index (Phi) is 5.44. The summed E-state index contributed by atoms with van der Waals surface area (Å²) in [6.45, 7) is 3.60. The van der Waals surface area contributed by atoms with Crippen molar-refractivity contribution >= 4 is 10.0 Å². The third-order valence-electron chi connectivity index (χ3n) is 1.62. The molecule has 0 amide bonds. The van der Waals surface area contributed by atoms with Crippen molar-refractivity contribution in [1.29, 1.82) is 0 Å². The molecule has 12 heavy (non-hydrogen) atoms. The molecule has 74 valence electrons. The lowest BCUT2D eigenvalue weighted by Crippen LogP contribution is -2.35. The van der Waals surface area contributed by atoms with E-state index in [0.717, 1.165) is 12.8 Å². The zero-order valence-corrected chi connectivity index (χ0v) is 8.39. The van der Waals surface area contributed by atoms with Crippen LogP contribution in [-0.2, 0) is 10.0 Å². The van der Waals surface area contributed by atoms with Gasteiger partial charge in [0, 0.05) is 6.54 Å². The number of sulfonamides is 1. The van der Waals surface area contributed by atoms with Gasteiger partial charge in [0.15, 0.2) is 0 Å². The summed E-state index contributed by atoms with van der Waals surface area (Å²) < 4.78 is 24.8. The molecule has 0 aliphatic rings. The van der Waals surface area contributed by atoms with Crippen molar-refractivity contribution in [2.45, 2.75) is 31.9 Å². The van der Waals surface area contributed by atoms with E-state index in [0.29, 0.717) is 6.54 Å². The number of hydrogen-bond acceptors (Lipinski definition) is 3. The Balaban J connectivity index is 3.88. The molecule has 0 bridgehead atoms. The maximum Gasteiger partial charge on any atom is 0.216 e. The molecule has 0 radical (unpaired) electrons. The van der Waals surface area contributed by atoms with Gasteiger partial charge in [-0.1, -0.05) is 13.3 Å². The van der Waals surface area contributed by atoms with E-state index in [2.05, 4.69) is 4.72 Å². The molecule has 0 aromatic rings. The van der Waals surface area contributed by atoms with Crippen LogP contribution >= 0.6 is 0 Å². The van der Waals surface area contributed by atoms with Crippen LogP contribution in [0.25, 0.3) is 0 Å². The summed E-state index contributed by atoms with van der Waals surface area (Å²) in [7, 11) is -3.28. The highest BCUT2D eigenvalue weighted by atomic mass is 32.2. The second-order valence-corrected chi connectivity index (χ2v) is 4.97. The van der Waals surface area contributed by atoms with Crippen LogP contribution in [0.15, 0.2) is 0 Å². The number of aliphatic hydroxyl groups is 1. The molecule has 1 atom stereocenters. The lowest BCUT2D eigenvalue weighted by Gasteiger charge is -2.10. The summed E-state index contributed by atoms with van der Waals surface area (Å²) >= 11 is 0. The number of unbranched alkanes of at least 4 members (excludes halogenated alkanes) is 1. The molecule has 1 unspecified atom stereocenters. The van der Waals surface area contributed by atoms with Gasteiger partial charge in [-0.2, -0.15) is 0 Å². The van der Waals surface area contributed by atoms with Crippen molar-refractivity contribution in [2.75, 3.05) is 13.2 Å². The molecule has 0 saturated carbocycles. The van der Waals surface area contributed by atoms with E-state index in [1.54, 1.807) is 0 Å². The Morgan fingerprint density at radius 1 is 1.50 bits per heavy atom. The van der Waals surface area contributed by atoms with Crippen LogP contribution in [0.5, 0.6) is 0 Å². The van der Waals surface area contributed by atoms with Gasteiger partial charge in [0.05, 0.1) is 11.9 Å². The Labute approximate surface area is 74.0 Å². The Bertz CT molecular complexity index is 201. The minimum atomic E-state index is -3.28. The zero-order valence-electron chi connectivity index (χ0n) is 7.58. The molecule has 0 saturated heterocycles. The van der Waals surface area contributed by atoms with Gasteiger partial charge in [0.25, 0.3) is 0 Å². The topological polar surface area (TPSA) is 66.4 Å². The van der Waals surface area contributed by atoms with E-state index in [4.69, 9.17) is 5.11 Å². The summed E-state index contributed by atoms with van der Waals surface area (Å²) in [6, 6.07) is 0. The zero-order chi connectivity index (χ0) is 9.61. The van der Waals surface area contributed by atoms with E-state index in [1.165, 1.54) is 6.92 Å². The summed E-state index contributed by atoms with van der Waals surface area (Å²) in [5, 5.41) is 7.89. The minimum Gasteiger partial charge on any atom is -0.395 e. The first-order valence-corrected chi connectivity index (χ1v) is 5.68. The van der Waals surface area contributed by atoms with Crippen molar-refractivity contribution in [3.8, 4) is 0 Å². The Morgan fingerprint density at radius 3 is 2.50 bits per heavy atom. The normalized spacial score (nSPS) is 14.6. The van der Waals surface area contributed by atoms with Crippen molar-refractivity contribution in [1.82, 2.24) is 4.72 Å². The highest BCUT2D eigenvalue weighted by molar-refractivity contribution is 7.90. The van der Waals surface area contributed by atoms with Crippen molar-refractivity contribution in [3.63, 3.8) is 0 Å². The Morgan fingerprint density at radius 2 is 2.08 bits per heavy atom. The average Bonchev–Trinajstić information content (AvgIpc) is 2.03. The van der Waals surface area contributed by atoms with Crippen molar-refractivity contribution < 1.29 is 13.5 Å².